The zero-order valence-corrected chi connectivity index (χ0v) is 10.0. The lowest BCUT2D eigenvalue weighted by Gasteiger charge is -2.07. The standard InChI is InChI=1S/C11H14N2.C2H6/c1-4-5-9-10(12)7-6-8(2)11(9)13-3;1-2/h4-7H,3,12H2,1-2H3;1-2H3/b5-4-;. The Labute approximate surface area is 92.5 Å². The number of hydrogen-bond acceptors (Lipinski definition) is 2. The van der Waals surface area contributed by atoms with Gasteiger partial charge in [-0.2, -0.15) is 0 Å². The zero-order valence-electron chi connectivity index (χ0n) is 10.0. The molecule has 0 radical (unpaired) electrons. The van der Waals surface area contributed by atoms with E-state index in [4.69, 9.17) is 5.73 Å². The van der Waals surface area contributed by atoms with Gasteiger partial charge in [0.25, 0.3) is 0 Å². The van der Waals surface area contributed by atoms with Crippen molar-refractivity contribution in [1.29, 1.82) is 0 Å². The highest BCUT2D eigenvalue weighted by Crippen LogP contribution is 2.29. The highest BCUT2D eigenvalue weighted by atomic mass is 14.7. The first kappa shape index (κ1) is 13.4. The first-order valence-corrected chi connectivity index (χ1v) is 5.19. The van der Waals surface area contributed by atoms with Crippen LogP contribution in [0.1, 0.15) is 31.9 Å². The Hall–Kier alpha value is -1.57. The van der Waals surface area contributed by atoms with E-state index in [0.717, 1.165) is 22.5 Å². The second-order valence-electron chi connectivity index (χ2n) is 2.89. The molecule has 0 bridgehead atoms. The quantitative estimate of drug-likeness (QED) is 0.574. The smallest absolute Gasteiger partial charge is 0.0744 e. The molecule has 0 amide bonds. The number of aryl methyl sites for hydroxylation is 1. The number of anilines is 1. The maximum Gasteiger partial charge on any atom is 0.0744 e. The SMILES string of the molecule is C=Nc1c(C)ccc(N)c1/C=C\C.CC. The fraction of sp³-hybridized carbons (Fsp3) is 0.308. The summed E-state index contributed by atoms with van der Waals surface area (Å²) in [5.74, 6) is 0. The van der Waals surface area contributed by atoms with Gasteiger partial charge in [0, 0.05) is 11.3 Å². The minimum atomic E-state index is 0.742. The highest BCUT2D eigenvalue weighted by molar-refractivity contribution is 5.78. The van der Waals surface area contributed by atoms with Crippen molar-refractivity contribution < 1.29 is 0 Å². The third-order valence-electron chi connectivity index (χ3n) is 1.94. The molecule has 2 heteroatoms. The van der Waals surface area contributed by atoms with Crippen molar-refractivity contribution in [3.8, 4) is 0 Å². The number of benzene rings is 1. The summed E-state index contributed by atoms with van der Waals surface area (Å²) in [6.45, 7) is 11.5. The summed E-state index contributed by atoms with van der Waals surface area (Å²) in [5, 5.41) is 0. The summed E-state index contributed by atoms with van der Waals surface area (Å²) in [6.07, 6.45) is 3.89. The van der Waals surface area contributed by atoms with Crippen LogP contribution >= 0.6 is 0 Å². The molecule has 1 aromatic carbocycles. The van der Waals surface area contributed by atoms with Crippen LogP contribution in [-0.4, -0.2) is 6.72 Å². The van der Waals surface area contributed by atoms with Crippen LogP contribution in [0.15, 0.2) is 23.2 Å². The van der Waals surface area contributed by atoms with Crippen LogP contribution in [-0.2, 0) is 0 Å². The molecule has 0 heterocycles. The van der Waals surface area contributed by atoms with Gasteiger partial charge in [0.1, 0.15) is 0 Å². The molecule has 1 aromatic rings. The summed E-state index contributed by atoms with van der Waals surface area (Å²) in [5.41, 5.74) is 9.48. The van der Waals surface area contributed by atoms with Gasteiger partial charge in [-0.15, -0.1) is 0 Å². The third kappa shape index (κ3) is 3.24. The number of allylic oxidation sites excluding steroid dienone is 1. The second kappa shape index (κ2) is 6.82. The molecular formula is C13H20N2. The number of aliphatic imine (C=N–C) groups is 1. The van der Waals surface area contributed by atoms with E-state index in [2.05, 4.69) is 11.7 Å². The van der Waals surface area contributed by atoms with Crippen molar-refractivity contribution in [3.05, 3.63) is 29.3 Å². The van der Waals surface area contributed by atoms with Gasteiger partial charge >= 0.3 is 0 Å². The van der Waals surface area contributed by atoms with Crippen molar-refractivity contribution >= 4 is 24.2 Å². The maximum atomic E-state index is 5.81. The van der Waals surface area contributed by atoms with Crippen LogP contribution in [0.2, 0.25) is 0 Å². The van der Waals surface area contributed by atoms with Crippen molar-refractivity contribution in [2.75, 3.05) is 5.73 Å². The monoisotopic (exact) mass is 204 g/mol. The van der Waals surface area contributed by atoms with E-state index in [1.807, 2.05) is 52.0 Å². The summed E-state index contributed by atoms with van der Waals surface area (Å²) in [6, 6.07) is 3.84. The van der Waals surface area contributed by atoms with E-state index in [-0.39, 0.29) is 0 Å². The van der Waals surface area contributed by atoms with Gasteiger partial charge in [-0.1, -0.05) is 32.1 Å². The summed E-state index contributed by atoms with van der Waals surface area (Å²) in [4.78, 5) is 3.97. The number of hydrogen-bond donors (Lipinski definition) is 1. The normalized spacial score (nSPS) is 9.60. The Balaban J connectivity index is 0.000000921. The molecule has 0 spiro atoms. The molecule has 15 heavy (non-hydrogen) atoms. The van der Waals surface area contributed by atoms with E-state index in [0.29, 0.717) is 0 Å². The molecule has 1 rings (SSSR count). The van der Waals surface area contributed by atoms with Gasteiger partial charge in [-0.05, 0) is 32.2 Å². The predicted octanol–water partition coefficient (Wildman–Crippen LogP) is 3.97. The summed E-state index contributed by atoms with van der Waals surface area (Å²) < 4.78 is 0. The zero-order chi connectivity index (χ0) is 11.8. The molecular weight excluding hydrogens is 184 g/mol. The lowest BCUT2D eigenvalue weighted by Crippen LogP contribution is -1.91. The van der Waals surface area contributed by atoms with E-state index < -0.39 is 0 Å². The highest BCUT2D eigenvalue weighted by Gasteiger charge is 2.04. The lowest BCUT2D eigenvalue weighted by atomic mass is 10.1. The Morgan fingerprint density at radius 2 is 1.93 bits per heavy atom. The van der Waals surface area contributed by atoms with Crippen LogP contribution in [0.3, 0.4) is 0 Å². The van der Waals surface area contributed by atoms with Gasteiger partial charge < -0.3 is 5.73 Å². The van der Waals surface area contributed by atoms with Crippen molar-refractivity contribution in [1.82, 2.24) is 0 Å². The molecule has 2 nitrogen and oxygen atoms in total. The van der Waals surface area contributed by atoms with Gasteiger partial charge in [0.05, 0.1) is 5.69 Å². The number of nitrogens with two attached hydrogens (primary N) is 1. The Morgan fingerprint density at radius 1 is 1.33 bits per heavy atom. The van der Waals surface area contributed by atoms with Crippen molar-refractivity contribution in [3.63, 3.8) is 0 Å². The Bertz CT molecular complexity index is 352. The van der Waals surface area contributed by atoms with Crippen molar-refractivity contribution in [2.45, 2.75) is 27.7 Å². The topological polar surface area (TPSA) is 38.4 Å². The number of rotatable bonds is 2. The van der Waals surface area contributed by atoms with Gasteiger partial charge in [0.2, 0.25) is 0 Å². The van der Waals surface area contributed by atoms with Crippen LogP contribution < -0.4 is 5.73 Å². The average molecular weight is 204 g/mol. The molecule has 0 unspecified atom stereocenters. The van der Waals surface area contributed by atoms with Crippen LogP contribution in [0.5, 0.6) is 0 Å². The summed E-state index contributed by atoms with van der Waals surface area (Å²) >= 11 is 0. The first-order valence-electron chi connectivity index (χ1n) is 5.19. The van der Waals surface area contributed by atoms with Crippen molar-refractivity contribution in [2.24, 2.45) is 4.99 Å². The molecule has 0 aliphatic rings. The summed E-state index contributed by atoms with van der Waals surface area (Å²) in [7, 11) is 0. The third-order valence-corrected chi connectivity index (χ3v) is 1.94. The van der Waals surface area contributed by atoms with E-state index >= 15 is 0 Å². The fourth-order valence-electron chi connectivity index (χ4n) is 1.28. The molecule has 0 aliphatic carbocycles. The molecule has 0 aromatic heterocycles. The molecule has 0 fully saturated rings. The van der Waals surface area contributed by atoms with Crippen LogP contribution in [0, 0.1) is 6.92 Å². The molecule has 0 saturated carbocycles. The molecule has 82 valence electrons. The van der Waals surface area contributed by atoms with Gasteiger partial charge in [-0.25, -0.2) is 0 Å². The van der Waals surface area contributed by atoms with Gasteiger partial charge in [-0.3, -0.25) is 4.99 Å². The maximum absolute atomic E-state index is 5.81. The predicted molar refractivity (Wildman–Crippen MR) is 70.9 cm³/mol. The van der Waals surface area contributed by atoms with Gasteiger partial charge in [0.15, 0.2) is 0 Å². The molecule has 0 atom stereocenters. The average Bonchev–Trinajstić information content (AvgIpc) is 2.27. The molecule has 2 N–H and O–H groups in total. The van der Waals surface area contributed by atoms with E-state index in [9.17, 15) is 0 Å². The van der Waals surface area contributed by atoms with E-state index in [1.165, 1.54) is 0 Å². The lowest BCUT2D eigenvalue weighted by molar-refractivity contribution is 1.40. The molecule has 0 saturated heterocycles. The van der Waals surface area contributed by atoms with E-state index in [1.54, 1.807) is 0 Å². The number of nitrogens with zero attached hydrogens (tertiary/aromatic N) is 1. The largest absolute Gasteiger partial charge is 0.398 e. The second-order valence-corrected chi connectivity index (χ2v) is 2.89. The fourth-order valence-corrected chi connectivity index (χ4v) is 1.28. The Kier molecular flexibility index (Phi) is 6.11. The van der Waals surface area contributed by atoms with Crippen LogP contribution in [0.4, 0.5) is 11.4 Å². The first-order chi connectivity index (χ1) is 7.20. The Morgan fingerprint density at radius 3 is 2.40 bits per heavy atom. The minimum absolute atomic E-state index is 0.742. The molecule has 0 aliphatic heterocycles. The number of nitrogen functional groups attached to an aromatic ring is 1. The van der Waals surface area contributed by atoms with Crippen LogP contribution in [0.25, 0.3) is 6.08 Å². The minimum Gasteiger partial charge on any atom is -0.398 e.